The van der Waals surface area contributed by atoms with Gasteiger partial charge in [-0.25, -0.2) is 0 Å². The predicted octanol–water partition coefficient (Wildman–Crippen LogP) is 3.60. The van der Waals surface area contributed by atoms with Gasteiger partial charge in [-0.05, 0) is 31.4 Å². The van der Waals surface area contributed by atoms with Gasteiger partial charge >= 0.3 is 0 Å². The first kappa shape index (κ1) is 13.4. The quantitative estimate of drug-likeness (QED) is 0.899. The number of hydrogen-bond donors (Lipinski definition) is 1. The average molecular weight is 269 g/mol. The molecule has 1 N–H and O–H groups in total. The Hall–Kier alpha value is -1.61. The van der Waals surface area contributed by atoms with Gasteiger partial charge in [-0.2, -0.15) is 5.10 Å². The van der Waals surface area contributed by atoms with Crippen LogP contribution in [-0.2, 0) is 13.1 Å². The van der Waals surface area contributed by atoms with Crippen molar-refractivity contribution in [2.75, 3.05) is 0 Å². The topological polar surface area (TPSA) is 29.9 Å². The van der Waals surface area contributed by atoms with Crippen molar-refractivity contribution in [2.24, 2.45) is 0 Å². The molecule has 1 heterocycles. The highest BCUT2D eigenvalue weighted by Crippen LogP contribution is 2.28. The van der Waals surface area contributed by atoms with Gasteiger partial charge in [0.05, 0.1) is 11.7 Å². The van der Waals surface area contributed by atoms with E-state index in [1.54, 1.807) is 0 Å². The number of rotatable bonds is 5. The smallest absolute Gasteiger partial charge is 0.0762 e. The normalized spacial score (nSPS) is 15.8. The molecule has 3 rings (SSSR count). The van der Waals surface area contributed by atoms with Crippen molar-refractivity contribution in [2.45, 2.75) is 51.7 Å². The van der Waals surface area contributed by atoms with Gasteiger partial charge in [0.1, 0.15) is 0 Å². The Morgan fingerprint density at radius 1 is 1.20 bits per heavy atom. The Morgan fingerprint density at radius 2 is 2.05 bits per heavy atom. The van der Waals surface area contributed by atoms with E-state index >= 15 is 0 Å². The molecule has 106 valence electrons. The molecule has 0 aliphatic heterocycles. The highest BCUT2D eigenvalue weighted by molar-refractivity contribution is 5.22. The highest BCUT2D eigenvalue weighted by Gasteiger charge is 2.17. The largest absolute Gasteiger partial charge is 0.307 e. The lowest BCUT2D eigenvalue weighted by atomic mass is 10.1. The first-order chi connectivity index (χ1) is 9.81. The molecule has 1 aliphatic rings. The van der Waals surface area contributed by atoms with E-state index in [0.29, 0.717) is 6.04 Å². The first-order valence-electron chi connectivity index (χ1n) is 7.61. The summed E-state index contributed by atoms with van der Waals surface area (Å²) in [6.07, 6.45) is 7.42. The zero-order valence-corrected chi connectivity index (χ0v) is 12.2. The van der Waals surface area contributed by atoms with Crippen LogP contribution in [0.4, 0.5) is 0 Å². The van der Waals surface area contributed by atoms with Crippen LogP contribution in [0.1, 0.15) is 48.5 Å². The molecular weight excluding hydrogens is 246 g/mol. The molecule has 1 fully saturated rings. The third-order valence-corrected chi connectivity index (χ3v) is 4.08. The van der Waals surface area contributed by atoms with Crippen molar-refractivity contribution < 1.29 is 0 Å². The van der Waals surface area contributed by atoms with Gasteiger partial charge in [0.15, 0.2) is 0 Å². The summed E-state index contributed by atoms with van der Waals surface area (Å²) < 4.78 is 2.16. The molecule has 2 aromatic rings. The number of benzene rings is 1. The molecule has 3 heteroatoms. The van der Waals surface area contributed by atoms with E-state index in [-0.39, 0.29) is 0 Å². The molecular formula is C17H23N3. The number of hydrogen-bond acceptors (Lipinski definition) is 2. The molecule has 0 bridgehead atoms. The maximum absolute atomic E-state index is 4.70. The number of nitrogens with zero attached hydrogens (tertiary/aromatic N) is 2. The van der Waals surface area contributed by atoms with Gasteiger partial charge in [0.2, 0.25) is 0 Å². The zero-order valence-electron chi connectivity index (χ0n) is 12.2. The van der Waals surface area contributed by atoms with E-state index < -0.39 is 0 Å². The minimum absolute atomic E-state index is 0.639. The van der Waals surface area contributed by atoms with Crippen molar-refractivity contribution in [3.05, 3.63) is 53.3 Å². The summed E-state index contributed by atoms with van der Waals surface area (Å²) in [4.78, 5) is 0. The Bertz CT molecular complexity index is 553. The molecule has 0 unspecified atom stereocenters. The monoisotopic (exact) mass is 269 g/mol. The minimum Gasteiger partial charge on any atom is -0.307 e. The van der Waals surface area contributed by atoms with E-state index in [1.165, 1.54) is 36.8 Å². The van der Waals surface area contributed by atoms with Gasteiger partial charge in [-0.3, -0.25) is 4.68 Å². The fraction of sp³-hybridized carbons (Fsp3) is 0.471. The van der Waals surface area contributed by atoms with Gasteiger partial charge in [0, 0.05) is 19.3 Å². The fourth-order valence-corrected chi connectivity index (χ4v) is 3.00. The van der Waals surface area contributed by atoms with Crippen LogP contribution < -0.4 is 5.32 Å². The lowest BCUT2D eigenvalue weighted by molar-refractivity contribution is 0.461. The van der Waals surface area contributed by atoms with Crippen molar-refractivity contribution >= 4 is 0 Å². The molecule has 0 saturated heterocycles. The van der Waals surface area contributed by atoms with Crippen LogP contribution in [0, 0.1) is 6.92 Å². The Morgan fingerprint density at radius 3 is 2.85 bits per heavy atom. The van der Waals surface area contributed by atoms with Crippen molar-refractivity contribution in [1.29, 1.82) is 0 Å². The molecule has 0 amide bonds. The van der Waals surface area contributed by atoms with Gasteiger partial charge in [-0.15, -0.1) is 0 Å². The van der Waals surface area contributed by atoms with E-state index in [1.807, 2.05) is 0 Å². The lowest BCUT2D eigenvalue weighted by Gasteiger charge is -2.09. The second-order valence-corrected chi connectivity index (χ2v) is 5.82. The average Bonchev–Trinajstić information content (AvgIpc) is 3.09. The molecule has 1 aromatic carbocycles. The Balaban J connectivity index is 1.51. The summed E-state index contributed by atoms with van der Waals surface area (Å²) in [7, 11) is 0. The number of nitrogens with one attached hydrogen (secondary N) is 1. The third-order valence-electron chi connectivity index (χ3n) is 4.08. The van der Waals surface area contributed by atoms with Gasteiger partial charge in [-0.1, -0.05) is 42.7 Å². The van der Waals surface area contributed by atoms with Gasteiger partial charge in [0.25, 0.3) is 0 Å². The molecule has 0 radical (unpaired) electrons. The summed E-state index contributed by atoms with van der Waals surface area (Å²) in [6, 6.07) is 11.4. The van der Waals surface area contributed by atoms with Crippen LogP contribution in [-0.4, -0.2) is 9.78 Å². The van der Waals surface area contributed by atoms with Crippen LogP contribution in [0.3, 0.4) is 0 Å². The molecule has 1 aliphatic carbocycles. The van der Waals surface area contributed by atoms with E-state index in [4.69, 9.17) is 5.10 Å². The summed E-state index contributed by atoms with van der Waals surface area (Å²) in [5.74, 6) is 0. The van der Waals surface area contributed by atoms with Crippen molar-refractivity contribution in [3.8, 4) is 0 Å². The third kappa shape index (κ3) is 3.28. The van der Waals surface area contributed by atoms with Crippen LogP contribution in [0.25, 0.3) is 0 Å². The van der Waals surface area contributed by atoms with E-state index in [2.05, 4.69) is 53.5 Å². The summed E-state index contributed by atoms with van der Waals surface area (Å²) in [6.45, 7) is 3.87. The van der Waals surface area contributed by atoms with Crippen LogP contribution in [0.2, 0.25) is 0 Å². The van der Waals surface area contributed by atoms with E-state index in [0.717, 1.165) is 18.8 Å². The second-order valence-electron chi connectivity index (χ2n) is 5.82. The van der Waals surface area contributed by atoms with Gasteiger partial charge < -0.3 is 5.32 Å². The molecule has 20 heavy (non-hydrogen) atoms. The molecule has 0 atom stereocenters. The zero-order chi connectivity index (χ0) is 13.8. The second kappa shape index (κ2) is 6.23. The Labute approximate surface area is 121 Å². The summed E-state index contributed by atoms with van der Waals surface area (Å²) >= 11 is 0. The maximum Gasteiger partial charge on any atom is 0.0762 e. The van der Waals surface area contributed by atoms with Crippen molar-refractivity contribution in [3.63, 3.8) is 0 Å². The van der Waals surface area contributed by atoms with Crippen molar-refractivity contribution in [1.82, 2.24) is 15.1 Å². The molecule has 0 spiro atoms. The van der Waals surface area contributed by atoms with Crippen LogP contribution in [0.15, 0.2) is 36.5 Å². The SMILES string of the molecule is Cc1cccc(CNCc2ccn(C3CCCC3)n2)c1. The minimum atomic E-state index is 0.639. The first-order valence-corrected chi connectivity index (χ1v) is 7.61. The number of aromatic nitrogens is 2. The summed E-state index contributed by atoms with van der Waals surface area (Å²) in [5, 5.41) is 8.17. The van der Waals surface area contributed by atoms with E-state index in [9.17, 15) is 0 Å². The number of aryl methyl sites for hydroxylation is 1. The highest BCUT2D eigenvalue weighted by atomic mass is 15.3. The molecule has 3 nitrogen and oxygen atoms in total. The predicted molar refractivity (Wildman–Crippen MR) is 81.5 cm³/mol. The standard InChI is InChI=1S/C17H23N3/c1-14-5-4-6-15(11-14)12-18-13-16-9-10-20(19-16)17-7-2-3-8-17/h4-6,9-11,17-18H,2-3,7-8,12-13H2,1H3. The van der Waals surface area contributed by atoms with Crippen LogP contribution in [0.5, 0.6) is 0 Å². The molecule has 1 aromatic heterocycles. The summed E-state index contributed by atoms with van der Waals surface area (Å²) in [5.41, 5.74) is 3.79. The fourth-order valence-electron chi connectivity index (χ4n) is 3.00. The maximum atomic E-state index is 4.70. The molecule has 1 saturated carbocycles. The van der Waals surface area contributed by atoms with Crippen LogP contribution >= 0.6 is 0 Å². The lowest BCUT2D eigenvalue weighted by Crippen LogP contribution is -2.14. The Kier molecular flexibility index (Phi) is 4.16.